The Morgan fingerprint density at radius 1 is 0.969 bits per heavy atom. The number of nitrogens with zero attached hydrogens (tertiary/aromatic N) is 5. The summed E-state index contributed by atoms with van der Waals surface area (Å²) >= 11 is 12.4. The molecule has 7 nitrogen and oxygen atoms in total. The number of benzene rings is 2. The Kier molecular flexibility index (Phi) is 5.33. The minimum Gasteiger partial charge on any atom is -0.385 e. The van der Waals surface area contributed by atoms with Gasteiger partial charge in [-0.15, -0.1) is 0 Å². The molecule has 0 bridgehead atoms. The Hall–Kier alpha value is -3.00. The van der Waals surface area contributed by atoms with Crippen LogP contribution in [0.5, 0.6) is 0 Å². The topological polar surface area (TPSA) is 74.8 Å². The fourth-order valence-corrected chi connectivity index (χ4v) is 4.22. The largest absolute Gasteiger partial charge is 0.385 e. The predicted molar refractivity (Wildman–Crippen MR) is 127 cm³/mol. The van der Waals surface area contributed by atoms with Gasteiger partial charge in [-0.3, -0.25) is 13.9 Å². The van der Waals surface area contributed by atoms with Gasteiger partial charge in [-0.2, -0.15) is 0 Å². The number of aryl methyl sites for hydroxylation is 1. The zero-order valence-electron chi connectivity index (χ0n) is 17.5. The molecule has 9 heteroatoms. The minimum absolute atomic E-state index is 0.156. The Labute approximate surface area is 193 Å². The van der Waals surface area contributed by atoms with Crippen LogP contribution < -0.4 is 5.56 Å². The molecule has 0 aliphatic carbocycles. The third kappa shape index (κ3) is 3.33. The first-order valence-corrected chi connectivity index (χ1v) is 10.9. The summed E-state index contributed by atoms with van der Waals surface area (Å²) in [6.07, 6.45) is 0.699. The zero-order valence-corrected chi connectivity index (χ0v) is 19.0. The molecule has 0 radical (unpaired) electrons. The number of ether oxygens (including phenoxy) is 1. The molecule has 0 amide bonds. The highest BCUT2D eigenvalue weighted by Crippen LogP contribution is 2.31. The number of para-hydroxylation sites is 2. The molecule has 0 N–H and O–H groups in total. The highest BCUT2D eigenvalue weighted by atomic mass is 35.5. The Morgan fingerprint density at radius 2 is 1.72 bits per heavy atom. The lowest BCUT2D eigenvalue weighted by atomic mass is 10.3. The van der Waals surface area contributed by atoms with Crippen LogP contribution in [-0.4, -0.2) is 37.8 Å². The Morgan fingerprint density at radius 3 is 2.44 bits per heavy atom. The second-order valence-electron chi connectivity index (χ2n) is 7.48. The molecule has 0 aliphatic heterocycles. The molecule has 2 aromatic carbocycles. The minimum atomic E-state index is -0.156. The van der Waals surface area contributed by atoms with Gasteiger partial charge < -0.3 is 4.74 Å². The molecular weight excluding hydrogens is 449 g/mol. The SMILES string of the molecule is COCCCn1c(C)nc2c(c1=O)c1nc3ccccc3nc1n2-c1ccc(Cl)c(Cl)c1. The normalized spacial score (nSPS) is 11.8. The standard InChI is InChI=1S/C23H19Cl2N5O2/c1-13-26-21-19(23(31)29(13)10-5-11-32-2)20-22(28-18-7-4-3-6-17(18)27-20)30(21)14-8-9-15(24)16(25)12-14/h3-4,6-9,12H,5,10-11H2,1-2H3. The van der Waals surface area contributed by atoms with E-state index in [0.29, 0.717) is 68.8 Å². The van der Waals surface area contributed by atoms with Crippen molar-refractivity contribution in [3.05, 3.63) is 68.7 Å². The number of halogens is 2. The number of hydrogen-bond donors (Lipinski definition) is 0. The van der Waals surface area contributed by atoms with E-state index >= 15 is 0 Å². The van der Waals surface area contributed by atoms with Crippen molar-refractivity contribution in [1.29, 1.82) is 0 Å². The maximum atomic E-state index is 13.6. The number of methoxy groups -OCH3 is 1. The smallest absolute Gasteiger partial charge is 0.265 e. The molecule has 3 heterocycles. The van der Waals surface area contributed by atoms with Crippen LogP contribution in [0.4, 0.5) is 0 Å². The number of rotatable bonds is 5. The molecule has 5 aromatic rings. The summed E-state index contributed by atoms with van der Waals surface area (Å²) in [6, 6.07) is 12.8. The van der Waals surface area contributed by atoms with Crippen LogP contribution >= 0.6 is 23.2 Å². The van der Waals surface area contributed by atoms with E-state index in [1.807, 2.05) is 41.8 Å². The van der Waals surface area contributed by atoms with E-state index in [2.05, 4.69) is 0 Å². The van der Waals surface area contributed by atoms with Crippen molar-refractivity contribution in [3.63, 3.8) is 0 Å². The third-order valence-corrected chi connectivity index (χ3v) is 6.18. The molecule has 0 spiro atoms. The van der Waals surface area contributed by atoms with E-state index in [4.69, 9.17) is 42.9 Å². The van der Waals surface area contributed by atoms with Crippen molar-refractivity contribution in [2.24, 2.45) is 0 Å². The third-order valence-electron chi connectivity index (χ3n) is 5.45. The van der Waals surface area contributed by atoms with Crippen LogP contribution in [0.1, 0.15) is 12.2 Å². The van der Waals surface area contributed by atoms with Gasteiger partial charge in [-0.1, -0.05) is 35.3 Å². The van der Waals surface area contributed by atoms with Crippen LogP contribution in [-0.2, 0) is 11.3 Å². The van der Waals surface area contributed by atoms with Crippen LogP contribution in [0.2, 0.25) is 10.0 Å². The van der Waals surface area contributed by atoms with E-state index in [0.717, 1.165) is 5.52 Å². The van der Waals surface area contributed by atoms with Gasteiger partial charge in [0.1, 0.15) is 16.7 Å². The van der Waals surface area contributed by atoms with Crippen LogP contribution in [0.15, 0.2) is 47.3 Å². The quantitative estimate of drug-likeness (QED) is 0.342. The van der Waals surface area contributed by atoms with Gasteiger partial charge in [-0.25, -0.2) is 15.0 Å². The van der Waals surface area contributed by atoms with Crippen molar-refractivity contribution in [3.8, 4) is 5.69 Å². The molecule has 0 saturated carbocycles. The highest BCUT2D eigenvalue weighted by molar-refractivity contribution is 6.42. The molecular formula is C23H19Cl2N5O2. The van der Waals surface area contributed by atoms with E-state index < -0.39 is 0 Å². The van der Waals surface area contributed by atoms with E-state index in [1.54, 1.807) is 23.8 Å². The summed E-state index contributed by atoms with van der Waals surface area (Å²) < 4.78 is 8.63. The zero-order chi connectivity index (χ0) is 22.4. The number of hydrogen-bond acceptors (Lipinski definition) is 5. The summed E-state index contributed by atoms with van der Waals surface area (Å²) in [6.45, 7) is 2.88. The summed E-state index contributed by atoms with van der Waals surface area (Å²) in [5.41, 5.74) is 3.50. The van der Waals surface area contributed by atoms with Crippen LogP contribution in [0, 0.1) is 6.92 Å². The van der Waals surface area contributed by atoms with Gasteiger partial charge in [0.25, 0.3) is 5.56 Å². The molecule has 0 unspecified atom stereocenters. The molecule has 32 heavy (non-hydrogen) atoms. The average Bonchev–Trinajstić information content (AvgIpc) is 3.09. The lowest BCUT2D eigenvalue weighted by Crippen LogP contribution is -2.24. The number of fused-ring (bicyclic) bond motifs is 4. The summed E-state index contributed by atoms with van der Waals surface area (Å²) in [7, 11) is 1.64. The van der Waals surface area contributed by atoms with Crippen molar-refractivity contribution in [2.45, 2.75) is 19.9 Å². The van der Waals surface area contributed by atoms with Gasteiger partial charge in [0, 0.05) is 20.3 Å². The monoisotopic (exact) mass is 467 g/mol. The second kappa shape index (κ2) is 8.16. The molecule has 3 aromatic heterocycles. The Balaban J connectivity index is 1.91. The van der Waals surface area contributed by atoms with Crippen molar-refractivity contribution >= 4 is 56.4 Å². The summed E-state index contributed by atoms with van der Waals surface area (Å²) in [5, 5.41) is 1.27. The summed E-state index contributed by atoms with van der Waals surface area (Å²) in [4.78, 5) is 28.0. The molecule has 0 fully saturated rings. The molecule has 0 aliphatic rings. The van der Waals surface area contributed by atoms with Crippen molar-refractivity contribution in [1.82, 2.24) is 24.1 Å². The van der Waals surface area contributed by atoms with E-state index in [9.17, 15) is 4.79 Å². The van der Waals surface area contributed by atoms with Crippen LogP contribution in [0.3, 0.4) is 0 Å². The first kappa shape index (κ1) is 20.9. The van der Waals surface area contributed by atoms with Gasteiger partial charge in [-0.05, 0) is 43.7 Å². The number of aromatic nitrogens is 5. The van der Waals surface area contributed by atoms with Gasteiger partial charge >= 0.3 is 0 Å². The average molecular weight is 468 g/mol. The van der Waals surface area contributed by atoms with E-state index in [1.165, 1.54) is 0 Å². The second-order valence-corrected chi connectivity index (χ2v) is 8.29. The predicted octanol–water partition coefficient (Wildman–Crippen LogP) is 4.94. The maximum Gasteiger partial charge on any atom is 0.265 e. The fraction of sp³-hybridized carbons (Fsp3) is 0.217. The molecule has 162 valence electrons. The summed E-state index contributed by atoms with van der Waals surface area (Å²) in [5.74, 6) is 0.604. The lowest BCUT2D eigenvalue weighted by molar-refractivity contribution is 0.189. The molecule has 0 saturated heterocycles. The van der Waals surface area contributed by atoms with Crippen LogP contribution in [0.25, 0.3) is 38.9 Å². The van der Waals surface area contributed by atoms with Gasteiger partial charge in [0.05, 0.1) is 26.8 Å². The van der Waals surface area contributed by atoms with Crippen molar-refractivity contribution < 1.29 is 4.74 Å². The maximum absolute atomic E-state index is 13.6. The van der Waals surface area contributed by atoms with Crippen molar-refractivity contribution in [2.75, 3.05) is 13.7 Å². The fourth-order valence-electron chi connectivity index (χ4n) is 3.93. The highest BCUT2D eigenvalue weighted by Gasteiger charge is 2.22. The van der Waals surface area contributed by atoms with E-state index in [-0.39, 0.29) is 5.56 Å². The van der Waals surface area contributed by atoms with Gasteiger partial charge in [0.15, 0.2) is 11.3 Å². The van der Waals surface area contributed by atoms with Gasteiger partial charge in [0.2, 0.25) is 0 Å². The molecule has 5 rings (SSSR count). The first-order chi connectivity index (χ1) is 15.5. The Bertz CT molecular complexity index is 1560. The first-order valence-electron chi connectivity index (χ1n) is 10.1. The lowest BCUT2D eigenvalue weighted by Gasteiger charge is -2.11. The molecule has 0 atom stereocenters.